The summed E-state index contributed by atoms with van der Waals surface area (Å²) >= 11 is 3.50. The van der Waals surface area contributed by atoms with E-state index in [2.05, 4.69) is 46.2 Å². The van der Waals surface area contributed by atoms with E-state index in [1.165, 1.54) is 5.56 Å². The van der Waals surface area contributed by atoms with E-state index in [1.807, 2.05) is 12.1 Å². The average molecular weight is 313 g/mol. The molecule has 0 bridgehead atoms. The SMILES string of the molecule is CCN(C)CCNCC1Cc2cc(Br)ccc2O1. The Morgan fingerprint density at radius 3 is 3.11 bits per heavy atom. The van der Waals surface area contributed by atoms with Crippen LogP contribution in [0.1, 0.15) is 12.5 Å². The standard InChI is InChI=1S/C14H21BrN2O/c1-3-17(2)7-6-16-10-13-9-11-8-12(15)4-5-14(11)18-13/h4-5,8,13,16H,3,6-7,9-10H2,1-2H3. The average Bonchev–Trinajstić information content (AvgIpc) is 2.76. The fourth-order valence-electron chi connectivity index (χ4n) is 2.09. The smallest absolute Gasteiger partial charge is 0.123 e. The maximum Gasteiger partial charge on any atom is 0.123 e. The molecule has 18 heavy (non-hydrogen) atoms. The zero-order chi connectivity index (χ0) is 13.0. The molecule has 0 aliphatic carbocycles. The first-order valence-electron chi connectivity index (χ1n) is 6.53. The molecule has 0 fully saturated rings. The van der Waals surface area contributed by atoms with Gasteiger partial charge < -0.3 is 15.0 Å². The second-order valence-corrected chi connectivity index (χ2v) is 5.71. The Morgan fingerprint density at radius 2 is 2.33 bits per heavy atom. The van der Waals surface area contributed by atoms with Crippen molar-refractivity contribution in [3.05, 3.63) is 28.2 Å². The topological polar surface area (TPSA) is 24.5 Å². The van der Waals surface area contributed by atoms with Gasteiger partial charge in [-0.05, 0) is 37.4 Å². The molecule has 1 aromatic rings. The lowest BCUT2D eigenvalue weighted by atomic mass is 10.1. The number of hydrogen-bond donors (Lipinski definition) is 1. The molecular weight excluding hydrogens is 292 g/mol. The highest BCUT2D eigenvalue weighted by Crippen LogP contribution is 2.30. The molecule has 4 heteroatoms. The van der Waals surface area contributed by atoms with Crippen molar-refractivity contribution in [1.82, 2.24) is 10.2 Å². The monoisotopic (exact) mass is 312 g/mol. The van der Waals surface area contributed by atoms with Gasteiger partial charge in [0.1, 0.15) is 11.9 Å². The summed E-state index contributed by atoms with van der Waals surface area (Å²) in [5.41, 5.74) is 1.31. The van der Waals surface area contributed by atoms with Gasteiger partial charge in [-0.1, -0.05) is 22.9 Å². The number of likely N-dealkylation sites (N-methyl/N-ethyl adjacent to an activating group) is 1. The molecule has 100 valence electrons. The zero-order valence-electron chi connectivity index (χ0n) is 11.1. The number of nitrogens with one attached hydrogen (secondary N) is 1. The Labute approximate surface area is 118 Å². The minimum Gasteiger partial charge on any atom is -0.488 e. The molecule has 0 saturated heterocycles. The lowest BCUT2D eigenvalue weighted by Gasteiger charge is -2.16. The number of rotatable bonds is 6. The van der Waals surface area contributed by atoms with Gasteiger partial charge >= 0.3 is 0 Å². The van der Waals surface area contributed by atoms with Gasteiger partial charge in [-0.3, -0.25) is 0 Å². The van der Waals surface area contributed by atoms with Crippen molar-refractivity contribution in [2.24, 2.45) is 0 Å². The van der Waals surface area contributed by atoms with Crippen LogP contribution in [0.3, 0.4) is 0 Å². The molecule has 3 nitrogen and oxygen atoms in total. The maximum atomic E-state index is 5.90. The predicted octanol–water partition coefficient (Wildman–Crippen LogP) is 2.29. The van der Waals surface area contributed by atoms with Crippen LogP contribution in [-0.4, -0.2) is 44.2 Å². The van der Waals surface area contributed by atoms with E-state index in [-0.39, 0.29) is 6.10 Å². The highest BCUT2D eigenvalue weighted by atomic mass is 79.9. The summed E-state index contributed by atoms with van der Waals surface area (Å²) in [6.07, 6.45) is 1.28. The zero-order valence-corrected chi connectivity index (χ0v) is 12.7. The summed E-state index contributed by atoms with van der Waals surface area (Å²) in [6.45, 7) is 6.30. The van der Waals surface area contributed by atoms with E-state index in [1.54, 1.807) is 0 Å². The molecule has 0 aromatic heterocycles. The third-order valence-electron chi connectivity index (χ3n) is 3.35. The number of fused-ring (bicyclic) bond motifs is 1. The van der Waals surface area contributed by atoms with Crippen LogP contribution >= 0.6 is 15.9 Å². The Bertz CT molecular complexity index is 397. The van der Waals surface area contributed by atoms with Crippen molar-refractivity contribution in [2.45, 2.75) is 19.4 Å². The lowest BCUT2D eigenvalue weighted by molar-refractivity contribution is 0.224. The van der Waals surface area contributed by atoms with E-state index in [4.69, 9.17) is 4.74 Å². The van der Waals surface area contributed by atoms with E-state index in [0.717, 1.165) is 42.8 Å². The minimum absolute atomic E-state index is 0.279. The molecule has 1 N–H and O–H groups in total. The third kappa shape index (κ3) is 3.70. The predicted molar refractivity (Wildman–Crippen MR) is 78.3 cm³/mol. The number of halogens is 1. The first kappa shape index (κ1) is 13.8. The van der Waals surface area contributed by atoms with Gasteiger partial charge in [-0.15, -0.1) is 0 Å². The van der Waals surface area contributed by atoms with Gasteiger partial charge in [0.15, 0.2) is 0 Å². The van der Waals surface area contributed by atoms with Crippen molar-refractivity contribution in [1.29, 1.82) is 0 Å². The van der Waals surface area contributed by atoms with Crippen molar-refractivity contribution in [2.75, 3.05) is 33.2 Å². The van der Waals surface area contributed by atoms with Crippen LogP contribution in [0.4, 0.5) is 0 Å². The van der Waals surface area contributed by atoms with Crippen molar-refractivity contribution in [3.63, 3.8) is 0 Å². The molecule has 1 atom stereocenters. The molecule has 0 amide bonds. The normalized spacial score (nSPS) is 17.9. The Hall–Kier alpha value is -0.580. The number of hydrogen-bond acceptors (Lipinski definition) is 3. The van der Waals surface area contributed by atoms with Crippen LogP contribution in [0.5, 0.6) is 5.75 Å². The second-order valence-electron chi connectivity index (χ2n) is 4.80. The summed E-state index contributed by atoms with van der Waals surface area (Å²) in [4.78, 5) is 2.30. The number of benzene rings is 1. The minimum atomic E-state index is 0.279. The van der Waals surface area contributed by atoms with Gasteiger partial charge in [-0.25, -0.2) is 0 Å². The van der Waals surface area contributed by atoms with Gasteiger partial charge in [-0.2, -0.15) is 0 Å². The third-order valence-corrected chi connectivity index (χ3v) is 3.84. The molecule has 1 aliphatic rings. The van der Waals surface area contributed by atoms with Crippen LogP contribution in [0, 0.1) is 0 Å². The molecule has 0 spiro atoms. The first-order chi connectivity index (χ1) is 8.69. The summed E-state index contributed by atoms with van der Waals surface area (Å²) in [5.74, 6) is 1.04. The molecular formula is C14H21BrN2O. The van der Waals surface area contributed by atoms with Gasteiger partial charge in [0.2, 0.25) is 0 Å². The van der Waals surface area contributed by atoms with Crippen LogP contribution in [0.2, 0.25) is 0 Å². The summed E-state index contributed by atoms with van der Waals surface area (Å²) in [5, 5.41) is 3.46. The highest BCUT2D eigenvalue weighted by molar-refractivity contribution is 9.10. The summed E-state index contributed by atoms with van der Waals surface area (Å²) in [6, 6.07) is 6.23. The molecule has 0 saturated carbocycles. The van der Waals surface area contributed by atoms with Crippen LogP contribution in [0.25, 0.3) is 0 Å². The van der Waals surface area contributed by atoms with Crippen LogP contribution < -0.4 is 10.1 Å². The quantitative estimate of drug-likeness (QED) is 0.816. The van der Waals surface area contributed by atoms with Gasteiger partial charge in [0.05, 0.1) is 0 Å². The summed E-state index contributed by atoms with van der Waals surface area (Å²) in [7, 11) is 2.14. The van der Waals surface area contributed by atoms with Crippen LogP contribution in [0.15, 0.2) is 22.7 Å². The first-order valence-corrected chi connectivity index (χ1v) is 7.32. The Morgan fingerprint density at radius 1 is 1.50 bits per heavy atom. The molecule has 1 unspecified atom stereocenters. The van der Waals surface area contributed by atoms with Gasteiger partial charge in [0, 0.05) is 30.5 Å². The van der Waals surface area contributed by atoms with Crippen molar-refractivity contribution in [3.8, 4) is 5.75 Å². The highest BCUT2D eigenvalue weighted by Gasteiger charge is 2.22. The van der Waals surface area contributed by atoms with Gasteiger partial charge in [0.25, 0.3) is 0 Å². The van der Waals surface area contributed by atoms with E-state index >= 15 is 0 Å². The Balaban J connectivity index is 1.71. The molecule has 1 aliphatic heterocycles. The molecule has 1 heterocycles. The second kappa shape index (κ2) is 6.55. The number of nitrogens with zero attached hydrogens (tertiary/aromatic N) is 1. The largest absolute Gasteiger partial charge is 0.488 e. The van der Waals surface area contributed by atoms with Crippen molar-refractivity contribution >= 4 is 15.9 Å². The maximum absolute atomic E-state index is 5.90. The van der Waals surface area contributed by atoms with Crippen molar-refractivity contribution < 1.29 is 4.74 Å². The molecule has 2 rings (SSSR count). The van der Waals surface area contributed by atoms with E-state index < -0.39 is 0 Å². The van der Waals surface area contributed by atoms with E-state index in [0.29, 0.717) is 0 Å². The molecule has 1 aromatic carbocycles. The Kier molecular flexibility index (Phi) is 5.03. The van der Waals surface area contributed by atoms with Crippen LogP contribution in [-0.2, 0) is 6.42 Å². The van der Waals surface area contributed by atoms with E-state index in [9.17, 15) is 0 Å². The number of ether oxygens (including phenoxy) is 1. The fraction of sp³-hybridized carbons (Fsp3) is 0.571. The summed E-state index contributed by atoms with van der Waals surface area (Å²) < 4.78 is 7.03. The fourth-order valence-corrected chi connectivity index (χ4v) is 2.50. The lowest BCUT2D eigenvalue weighted by Crippen LogP contribution is -2.35. The molecule has 0 radical (unpaired) electrons.